The van der Waals surface area contributed by atoms with Crippen LogP contribution in [-0.2, 0) is 17.9 Å². The fraction of sp³-hybridized carbons (Fsp3) is 0.733. The van der Waals surface area contributed by atoms with E-state index in [0.717, 1.165) is 24.1 Å². The lowest BCUT2D eigenvalue weighted by atomic mass is 9.98. The van der Waals surface area contributed by atoms with Crippen LogP contribution in [0, 0.1) is 0 Å². The van der Waals surface area contributed by atoms with Crippen molar-refractivity contribution in [2.24, 2.45) is 0 Å². The van der Waals surface area contributed by atoms with Gasteiger partial charge in [-0.1, -0.05) is 19.3 Å². The topological polar surface area (TPSA) is 34.4 Å². The van der Waals surface area contributed by atoms with E-state index in [-0.39, 0.29) is 0 Å². The summed E-state index contributed by atoms with van der Waals surface area (Å²) < 4.78 is 11.7. The van der Waals surface area contributed by atoms with Crippen LogP contribution in [-0.4, -0.2) is 12.1 Å². The molecule has 1 aromatic rings. The molecule has 0 bridgehead atoms. The quantitative estimate of drug-likeness (QED) is 0.839. The van der Waals surface area contributed by atoms with Crippen LogP contribution >= 0.6 is 0 Å². The number of ether oxygens (including phenoxy) is 1. The molecule has 0 amide bonds. The van der Waals surface area contributed by atoms with Gasteiger partial charge in [0.05, 0.1) is 12.6 Å². The van der Waals surface area contributed by atoms with Crippen molar-refractivity contribution in [2.75, 3.05) is 0 Å². The van der Waals surface area contributed by atoms with E-state index in [0.29, 0.717) is 12.7 Å². The van der Waals surface area contributed by atoms with E-state index >= 15 is 0 Å². The molecular weight excluding hydrogens is 226 g/mol. The molecule has 0 radical (unpaired) electrons. The molecule has 0 atom stereocenters. The third kappa shape index (κ3) is 3.59. The summed E-state index contributed by atoms with van der Waals surface area (Å²) >= 11 is 0. The van der Waals surface area contributed by atoms with E-state index in [2.05, 4.69) is 11.4 Å². The third-order valence-corrected chi connectivity index (χ3v) is 3.87. The van der Waals surface area contributed by atoms with Gasteiger partial charge in [-0.3, -0.25) is 0 Å². The van der Waals surface area contributed by atoms with Crippen molar-refractivity contribution >= 4 is 0 Å². The molecule has 0 spiro atoms. The standard InChI is InChI=1S/C15H23NO2/c1-2-4-13(5-3-1)17-11-15-9-8-14(18-15)10-16-12-6-7-12/h8-9,12-13,16H,1-7,10-11H2. The molecule has 0 aromatic carbocycles. The maximum absolute atomic E-state index is 5.91. The van der Waals surface area contributed by atoms with Crippen molar-refractivity contribution < 1.29 is 9.15 Å². The molecule has 0 aliphatic heterocycles. The Bertz CT molecular complexity index is 364. The van der Waals surface area contributed by atoms with Gasteiger partial charge < -0.3 is 14.5 Å². The lowest BCUT2D eigenvalue weighted by Crippen LogP contribution is -2.16. The second-order valence-electron chi connectivity index (χ2n) is 5.59. The first-order valence-electron chi connectivity index (χ1n) is 7.33. The largest absolute Gasteiger partial charge is 0.462 e. The lowest BCUT2D eigenvalue weighted by Gasteiger charge is -2.21. The lowest BCUT2D eigenvalue weighted by molar-refractivity contribution is 0.00835. The summed E-state index contributed by atoms with van der Waals surface area (Å²) in [5, 5.41) is 3.46. The van der Waals surface area contributed by atoms with Gasteiger partial charge in [-0.25, -0.2) is 0 Å². The van der Waals surface area contributed by atoms with Crippen molar-refractivity contribution in [3.05, 3.63) is 23.7 Å². The number of hydrogen-bond acceptors (Lipinski definition) is 3. The van der Waals surface area contributed by atoms with Crippen LogP contribution in [0.4, 0.5) is 0 Å². The van der Waals surface area contributed by atoms with Crippen molar-refractivity contribution in [1.82, 2.24) is 5.32 Å². The van der Waals surface area contributed by atoms with Gasteiger partial charge in [0, 0.05) is 6.04 Å². The van der Waals surface area contributed by atoms with Gasteiger partial charge in [0.2, 0.25) is 0 Å². The zero-order chi connectivity index (χ0) is 12.2. The molecule has 1 N–H and O–H groups in total. The van der Waals surface area contributed by atoms with Gasteiger partial charge >= 0.3 is 0 Å². The van der Waals surface area contributed by atoms with E-state index in [1.807, 2.05) is 6.07 Å². The zero-order valence-corrected chi connectivity index (χ0v) is 11.0. The summed E-state index contributed by atoms with van der Waals surface area (Å²) in [6, 6.07) is 4.85. The van der Waals surface area contributed by atoms with E-state index in [9.17, 15) is 0 Å². The minimum atomic E-state index is 0.455. The highest BCUT2D eigenvalue weighted by Gasteiger charge is 2.20. The Morgan fingerprint density at radius 1 is 1.06 bits per heavy atom. The Labute approximate surface area is 109 Å². The van der Waals surface area contributed by atoms with Gasteiger partial charge in [-0.2, -0.15) is 0 Å². The molecule has 3 nitrogen and oxygen atoms in total. The molecule has 1 heterocycles. The van der Waals surface area contributed by atoms with E-state index < -0.39 is 0 Å². The molecule has 18 heavy (non-hydrogen) atoms. The minimum absolute atomic E-state index is 0.455. The van der Waals surface area contributed by atoms with Crippen LogP contribution in [0.1, 0.15) is 56.5 Å². The Morgan fingerprint density at radius 3 is 2.61 bits per heavy atom. The summed E-state index contributed by atoms with van der Waals surface area (Å²) in [4.78, 5) is 0. The number of furan rings is 1. The average molecular weight is 249 g/mol. The van der Waals surface area contributed by atoms with Crippen LogP contribution < -0.4 is 5.32 Å². The SMILES string of the molecule is c1cc(COC2CCCCC2)oc1CNC1CC1. The van der Waals surface area contributed by atoms with Gasteiger partial charge in [-0.15, -0.1) is 0 Å². The van der Waals surface area contributed by atoms with Crippen molar-refractivity contribution in [3.63, 3.8) is 0 Å². The Morgan fingerprint density at radius 2 is 1.83 bits per heavy atom. The van der Waals surface area contributed by atoms with Crippen LogP contribution in [0.2, 0.25) is 0 Å². The molecule has 2 aliphatic carbocycles. The summed E-state index contributed by atoms with van der Waals surface area (Å²) in [6.07, 6.45) is 9.54. The van der Waals surface area contributed by atoms with E-state index in [1.165, 1.54) is 44.9 Å². The van der Waals surface area contributed by atoms with Crippen molar-refractivity contribution in [2.45, 2.75) is 70.2 Å². The molecule has 100 valence electrons. The molecular formula is C15H23NO2. The molecule has 1 aromatic heterocycles. The first kappa shape index (κ1) is 12.2. The fourth-order valence-electron chi connectivity index (χ4n) is 2.56. The molecule has 3 heteroatoms. The van der Waals surface area contributed by atoms with Crippen LogP contribution in [0.3, 0.4) is 0 Å². The molecule has 0 saturated heterocycles. The van der Waals surface area contributed by atoms with Crippen LogP contribution in [0.25, 0.3) is 0 Å². The predicted octanol–water partition coefficient (Wildman–Crippen LogP) is 3.38. The second kappa shape index (κ2) is 5.89. The smallest absolute Gasteiger partial charge is 0.129 e. The first-order chi connectivity index (χ1) is 8.90. The van der Waals surface area contributed by atoms with Crippen molar-refractivity contribution in [1.29, 1.82) is 0 Å². The van der Waals surface area contributed by atoms with Gasteiger partial charge in [0.15, 0.2) is 0 Å². The number of nitrogens with one attached hydrogen (secondary N) is 1. The Balaban J connectivity index is 1.41. The Hall–Kier alpha value is -0.800. The van der Waals surface area contributed by atoms with E-state index in [4.69, 9.17) is 9.15 Å². The molecule has 2 saturated carbocycles. The Kier molecular flexibility index (Phi) is 4.01. The monoisotopic (exact) mass is 249 g/mol. The molecule has 2 fully saturated rings. The summed E-state index contributed by atoms with van der Waals surface area (Å²) in [5.74, 6) is 2.00. The normalized spacial score (nSPS) is 21.3. The first-order valence-corrected chi connectivity index (χ1v) is 7.33. The average Bonchev–Trinajstić information content (AvgIpc) is 3.14. The number of hydrogen-bond donors (Lipinski definition) is 1. The third-order valence-electron chi connectivity index (χ3n) is 3.87. The van der Waals surface area contributed by atoms with Gasteiger partial charge in [0.1, 0.15) is 18.1 Å². The van der Waals surface area contributed by atoms with Gasteiger partial charge in [0.25, 0.3) is 0 Å². The van der Waals surface area contributed by atoms with Crippen molar-refractivity contribution in [3.8, 4) is 0 Å². The molecule has 3 rings (SSSR count). The zero-order valence-electron chi connectivity index (χ0n) is 11.0. The maximum atomic E-state index is 5.91. The maximum Gasteiger partial charge on any atom is 0.129 e. The number of rotatable bonds is 6. The summed E-state index contributed by atoms with van der Waals surface area (Å²) in [7, 11) is 0. The van der Waals surface area contributed by atoms with Crippen LogP contribution in [0.15, 0.2) is 16.5 Å². The highest BCUT2D eigenvalue weighted by molar-refractivity contribution is 5.06. The highest BCUT2D eigenvalue weighted by Crippen LogP contribution is 2.22. The molecule has 2 aliphatic rings. The fourth-order valence-corrected chi connectivity index (χ4v) is 2.56. The van der Waals surface area contributed by atoms with Crippen LogP contribution in [0.5, 0.6) is 0 Å². The van der Waals surface area contributed by atoms with Gasteiger partial charge in [-0.05, 0) is 37.8 Å². The minimum Gasteiger partial charge on any atom is -0.462 e. The molecule has 0 unspecified atom stereocenters. The summed E-state index contributed by atoms with van der Waals surface area (Å²) in [6.45, 7) is 1.49. The predicted molar refractivity (Wildman–Crippen MR) is 70.2 cm³/mol. The second-order valence-corrected chi connectivity index (χ2v) is 5.59. The van der Waals surface area contributed by atoms with E-state index in [1.54, 1.807) is 0 Å². The summed E-state index contributed by atoms with van der Waals surface area (Å²) in [5.41, 5.74) is 0. The highest BCUT2D eigenvalue weighted by atomic mass is 16.5.